The van der Waals surface area contributed by atoms with E-state index in [2.05, 4.69) is 10.6 Å². The van der Waals surface area contributed by atoms with E-state index >= 15 is 0 Å². The van der Waals surface area contributed by atoms with Crippen LogP contribution >= 0.6 is 0 Å². The fraction of sp³-hybridized carbons (Fsp3) is 0.0690. The van der Waals surface area contributed by atoms with Crippen molar-refractivity contribution in [2.75, 3.05) is 22.6 Å². The van der Waals surface area contributed by atoms with E-state index in [0.29, 0.717) is 50.4 Å². The maximum absolute atomic E-state index is 14.5. The second kappa shape index (κ2) is 19.3. The van der Waals surface area contributed by atoms with Gasteiger partial charge in [0.05, 0.1) is 43.3 Å². The summed E-state index contributed by atoms with van der Waals surface area (Å²) in [5.41, 5.74) is 1.65. The molecule has 378 valence electrons. The van der Waals surface area contributed by atoms with E-state index in [9.17, 15) is 50.4 Å². The molecule has 0 aliphatic carbocycles. The summed E-state index contributed by atoms with van der Waals surface area (Å²) in [6.07, 6.45) is -4.81. The zero-order chi connectivity index (χ0) is 53.8. The molecule has 10 rings (SSSR count). The van der Waals surface area contributed by atoms with Crippen molar-refractivity contribution in [2.24, 2.45) is 0 Å². The molecule has 6 amide bonds. The molecule has 2 heterocycles. The Morgan fingerprint density at radius 1 is 0.474 bits per heavy atom. The summed E-state index contributed by atoms with van der Waals surface area (Å²) in [7, 11) is -2.58. The lowest BCUT2D eigenvalue weighted by molar-refractivity contribution is -0.137. The highest BCUT2D eigenvalue weighted by Gasteiger charge is 2.40. The topological polar surface area (TPSA) is 186 Å². The van der Waals surface area contributed by atoms with Crippen LogP contribution in [0.1, 0.15) is 78.8 Å². The fourth-order valence-corrected chi connectivity index (χ4v) is 10.0. The number of amides is 6. The minimum Gasteiger partial charge on any atom is -0.457 e. The highest BCUT2D eigenvalue weighted by Crippen LogP contribution is 2.42. The number of imide groups is 2. The molecule has 0 saturated carbocycles. The van der Waals surface area contributed by atoms with E-state index in [0.717, 1.165) is 16.5 Å². The summed E-state index contributed by atoms with van der Waals surface area (Å²) >= 11 is 0. The molecule has 0 unspecified atom stereocenters. The Bertz CT molecular complexity index is 3860. The second-order valence-corrected chi connectivity index (χ2v) is 19.7. The molecular formula is C58H39F3N4O10S. The molecule has 0 bridgehead atoms. The van der Waals surface area contributed by atoms with Crippen molar-refractivity contribution >= 4 is 62.3 Å². The summed E-state index contributed by atoms with van der Waals surface area (Å²) in [6, 6.07) is 40.7. The van der Waals surface area contributed by atoms with E-state index in [1.165, 1.54) is 104 Å². The van der Waals surface area contributed by atoms with Crippen LogP contribution in [0.4, 0.5) is 30.2 Å². The Labute approximate surface area is 431 Å². The number of ether oxygens (including phenoxy) is 2. The Morgan fingerprint density at radius 3 is 1.36 bits per heavy atom. The number of aryl methyl sites for hydroxylation is 2. The number of alkyl halides is 3. The van der Waals surface area contributed by atoms with Crippen LogP contribution in [-0.4, -0.2) is 55.8 Å². The first-order valence-electron chi connectivity index (χ1n) is 23.2. The van der Waals surface area contributed by atoms with Crippen LogP contribution in [0.25, 0.3) is 11.1 Å². The molecule has 0 atom stereocenters. The van der Waals surface area contributed by atoms with Gasteiger partial charge in [0.2, 0.25) is 9.84 Å². The van der Waals surface area contributed by atoms with E-state index < -0.39 is 57.0 Å². The first-order chi connectivity index (χ1) is 36.2. The molecule has 2 N–H and O–H groups in total. The predicted octanol–water partition coefficient (Wildman–Crippen LogP) is 11.9. The zero-order valence-electron chi connectivity index (χ0n) is 40.2. The molecule has 0 fully saturated rings. The minimum absolute atomic E-state index is 0.0000488. The fourth-order valence-electron chi connectivity index (χ4n) is 8.78. The lowest BCUT2D eigenvalue weighted by Gasteiger charge is -2.20. The lowest BCUT2D eigenvalue weighted by atomic mass is 9.94. The number of halogens is 3. The number of fused-ring (bicyclic) bond motifs is 2. The highest BCUT2D eigenvalue weighted by molar-refractivity contribution is 7.91. The molecule has 76 heavy (non-hydrogen) atoms. The number of benzene rings is 8. The van der Waals surface area contributed by atoms with Gasteiger partial charge in [-0.1, -0.05) is 29.8 Å². The van der Waals surface area contributed by atoms with Gasteiger partial charge in [0.1, 0.15) is 23.0 Å². The van der Waals surface area contributed by atoms with Gasteiger partial charge in [-0.2, -0.15) is 13.2 Å². The lowest BCUT2D eigenvalue weighted by Crippen LogP contribution is -2.29. The van der Waals surface area contributed by atoms with E-state index in [4.69, 9.17) is 9.47 Å². The Hall–Kier alpha value is -9.68. The number of sulfone groups is 1. The summed E-state index contributed by atoms with van der Waals surface area (Å²) in [6.45, 7) is 3.53. The number of rotatable bonds is 12. The van der Waals surface area contributed by atoms with Crippen LogP contribution in [0, 0.1) is 13.8 Å². The van der Waals surface area contributed by atoms with Gasteiger partial charge < -0.3 is 20.1 Å². The standard InChI is InChI=1S/C58H39F3N4O10S/c1-32-4-24-45(33(2)28-32)46-27-11-38(31-51(46)58(59,60)61)65-56(70)48-26-6-35(30-50(48)57(65)71)53(67)63-37-9-14-40(15-10-37)75-42-18-22-44(23-19-42)76(72,73)43-20-16-41(17-21-43)74-39-12-7-36(8-13-39)62-52(66)34-5-25-47-49(29-34)55(69)64(3)54(47)68/h4-31H,1-3H3,(H,62,66)(H,63,67). The number of carbonyl (C=O) groups excluding carboxylic acids is 6. The summed E-state index contributed by atoms with van der Waals surface area (Å²) in [5, 5.41) is 5.45. The smallest absolute Gasteiger partial charge is 0.417 e. The maximum atomic E-state index is 14.5. The number of hydrogen-bond acceptors (Lipinski definition) is 10. The molecule has 2 aliphatic rings. The predicted molar refractivity (Wildman–Crippen MR) is 274 cm³/mol. The quantitative estimate of drug-likeness (QED) is 0.112. The summed E-state index contributed by atoms with van der Waals surface area (Å²) in [5.74, 6) is -2.33. The first kappa shape index (κ1) is 49.9. The third-order valence-electron chi connectivity index (χ3n) is 12.7. The van der Waals surface area contributed by atoms with E-state index in [1.54, 1.807) is 73.7 Å². The van der Waals surface area contributed by atoms with Crippen molar-refractivity contribution in [3.63, 3.8) is 0 Å². The zero-order valence-corrected chi connectivity index (χ0v) is 41.0. The highest BCUT2D eigenvalue weighted by atomic mass is 32.2. The number of carbonyl (C=O) groups is 6. The van der Waals surface area contributed by atoms with Crippen molar-refractivity contribution < 1.29 is 59.8 Å². The molecule has 2 aliphatic heterocycles. The summed E-state index contributed by atoms with van der Waals surface area (Å²) in [4.78, 5) is 79.6. The molecular weight excluding hydrogens is 1000 g/mol. The van der Waals surface area contributed by atoms with Gasteiger partial charge in [-0.3, -0.25) is 33.7 Å². The second-order valence-electron chi connectivity index (χ2n) is 17.8. The van der Waals surface area contributed by atoms with Crippen LogP contribution in [-0.2, 0) is 16.0 Å². The molecule has 8 aromatic rings. The molecule has 0 spiro atoms. The van der Waals surface area contributed by atoms with E-state index in [-0.39, 0.29) is 54.4 Å². The monoisotopic (exact) mass is 1040 g/mol. The number of hydrogen-bond donors (Lipinski definition) is 2. The average Bonchev–Trinajstić information content (AvgIpc) is 3.82. The molecule has 14 nitrogen and oxygen atoms in total. The minimum atomic E-state index is -4.81. The van der Waals surface area contributed by atoms with Crippen LogP contribution in [0.2, 0.25) is 0 Å². The van der Waals surface area contributed by atoms with E-state index in [1.807, 2.05) is 6.92 Å². The Kier molecular flexibility index (Phi) is 12.7. The third-order valence-corrected chi connectivity index (χ3v) is 14.5. The van der Waals surface area contributed by atoms with Gasteiger partial charge in [-0.05, 0) is 176 Å². The van der Waals surface area contributed by atoms with Gasteiger partial charge in [0, 0.05) is 29.5 Å². The normalized spacial score (nSPS) is 13.1. The van der Waals surface area contributed by atoms with Crippen molar-refractivity contribution in [3.8, 4) is 34.1 Å². The molecule has 0 saturated heterocycles. The first-order valence-corrected chi connectivity index (χ1v) is 24.6. The third kappa shape index (κ3) is 9.55. The van der Waals surface area contributed by atoms with Gasteiger partial charge in [-0.15, -0.1) is 0 Å². The van der Waals surface area contributed by atoms with Crippen molar-refractivity contribution in [1.82, 2.24) is 4.90 Å². The summed E-state index contributed by atoms with van der Waals surface area (Å²) < 4.78 is 82.3. The molecule has 0 aromatic heterocycles. The maximum Gasteiger partial charge on any atom is 0.417 e. The van der Waals surface area contributed by atoms with Crippen LogP contribution in [0.15, 0.2) is 180 Å². The number of anilines is 3. The number of nitrogens with one attached hydrogen (secondary N) is 2. The Balaban J connectivity index is 0.731. The van der Waals surface area contributed by atoms with Crippen molar-refractivity contribution in [1.29, 1.82) is 0 Å². The van der Waals surface area contributed by atoms with Crippen LogP contribution < -0.4 is 25.0 Å². The number of nitrogens with zero attached hydrogens (tertiary/aromatic N) is 2. The molecule has 18 heteroatoms. The van der Waals surface area contributed by atoms with Gasteiger partial charge >= 0.3 is 6.18 Å². The SMILES string of the molecule is Cc1ccc(-c2ccc(N3C(=O)c4ccc(C(=O)Nc5ccc(Oc6ccc(S(=O)(=O)c7ccc(Oc8ccc(NC(=O)c9ccc%10c(c9)C(=O)N(C)C%10=O)cc8)cc7)cc6)cc5)cc4C3=O)cc2C(F)(F)F)c(C)c1. The van der Waals surface area contributed by atoms with Gasteiger partial charge in [0.25, 0.3) is 35.4 Å². The molecule has 0 radical (unpaired) electrons. The van der Waals surface area contributed by atoms with Crippen molar-refractivity contribution in [2.45, 2.75) is 29.8 Å². The van der Waals surface area contributed by atoms with Gasteiger partial charge in [-0.25, -0.2) is 13.3 Å². The van der Waals surface area contributed by atoms with Crippen molar-refractivity contribution in [3.05, 3.63) is 220 Å². The van der Waals surface area contributed by atoms with Crippen LogP contribution in [0.3, 0.4) is 0 Å². The average molecular weight is 1040 g/mol. The van der Waals surface area contributed by atoms with Gasteiger partial charge in [0.15, 0.2) is 0 Å². The largest absolute Gasteiger partial charge is 0.457 e. The van der Waals surface area contributed by atoms with Crippen LogP contribution in [0.5, 0.6) is 23.0 Å². The molecule has 8 aromatic carbocycles. The Morgan fingerprint density at radius 2 is 0.882 bits per heavy atom.